The molecule has 0 aliphatic rings. The van der Waals surface area contributed by atoms with Crippen molar-refractivity contribution in [1.29, 1.82) is 0 Å². The molecule has 7 nitrogen and oxygen atoms in total. The van der Waals surface area contributed by atoms with Crippen LogP contribution in [-0.4, -0.2) is 25.3 Å². The number of hydrogen-bond acceptors (Lipinski definition) is 6. The summed E-state index contributed by atoms with van der Waals surface area (Å²) in [4.78, 5) is 12.5. The second kappa shape index (κ2) is 9.35. The minimum Gasteiger partial charge on any atom is -0.493 e. The van der Waals surface area contributed by atoms with E-state index in [1.807, 2.05) is 51.1 Å². The van der Waals surface area contributed by atoms with Crippen molar-refractivity contribution in [2.45, 2.75) is 33.8 Å². The molecule has 0 aliphatic carbocycles. The van der Waals surface area contributed by atoms with Crippen molar-refractivity contribution in [2.24, 2.45) is 0 Å². The lowest BCUT2D eigenvalue weighted by Gasteiger charge is -2.14. The van der Waals surface area contributed by atoms with Crippen LogP contribution in [0.3, 0.4) is 0 Å². The van der Waals surface area contributed by atoms with Gasteiger partial charge in [-0.05, 0) is 50.1 Å². The van der Waals surface area contributed by atoms with Crippen LogP contribution in [0.2, 0.25) is 0 Å². The van der Waals surface area contributed by atoms with Crippen LogP contribution in [0.1, 0.15) is 28.1 Å². The van der Waals surface area contributed by atoms with E-state index >= 15 is 0 Å². The number of ether oxygens (including phenoxy) is 3. The zero-order chi connectivity index (χ0) is 21.7. The zero-order valence-electron chi connectivity index (χ0n) is 17.9. The monoisotopic (exact) mass is 410 g/mol. The number of rotatable bonds is 8. The number of nitrogens with zero attached hydrogens (tertiary/aromatic N) is 1. The Morgan fingerprint density at radius 1 is 1.03 bits per heavy atom. The number of benzene rings is 2. The largest absolute Gasteiger partial charge is 0.493 e. The molecule has 0 unspecified atom stereocenters. The molecule has 158 valence electrons. The highest BCUT2D eigenvalue weighted by atomic mass is 16.5. The molecule has 1 N–H and O–H groups in total. The summed E-state index contributed by atoms with van der Waals surface area (Å²) in [7, 11) is 3.14. The minimum absolute atomic E-state index is 0.116. The van der Waals surface area contributed by atoms with E-state index in [2.05, 4.69) is 10.5 Å². The molecule has 0 aliphatic heterocycles. The van der Waals surface area contributed by atoms with Gasteiger partial charge in [-0.2, -0.15) is 0 Å². The topological polar surface area (TPSA) is 82.8 Å². The second-order valence-corrected chi connectivity index (χ2v) is 6.98. The Kier molecular flexibility index (Phi) is 6.61. The molecule has 0 spiro atoms. The number of methoxy groups -OCH3 is 2. The van der Waals surface area contributed by atoms with Gasteiger partial charge in [0.05, 0.1) is 31.9 Å². The molecule has 0 saturated heterocycles. The molecule has 2 aromatic carbocycles. The predicted molar refractivity (Wildman–Crippen MR) is 113 cm³/mol. The average Bonchev–Trinajstić information content (AvgIpc) is 3.06. The number of carbonyl (C=O) groups excluding carboxylic acids is 1. The van der Waals surface area contributed by atoms with Gasteiger partial charge in [0.1, 0.15) is 18.1 Å². The number of aryl methyl sites for hydroxylation is 3. The van der Waals surface area contributed by atoms with Crippen LogP contribution in [0.25, 0.3) is 0 Å². The van der Waals surface area contributed by atoms with E-state index < -0.39 is 0 Å². The van der Waals surface area contributed by atoms with Gasteiger partial charge in [0.2, 0.25) is 5.91 Å². The van der Waals surface area contributed by atoms with Crippen molar-refractivity contribution in [3.63, 3.8) is 0 Å². The minimum atomic E-state index is -0.116. The van der Waals surface area contributed by atoms with E-state index in [9.17, 15) is 4.79 Å². The van der Waals surface area contributed by atoms with Gasteiger partial charge >= 0.3 is 0 Å². The maximum Gasteiger partial charge on any atom is 0.228 e. The van der Waals surface area contributed by atoms with Gasteiger partial charge in [0, 0.05) is 11.8 Å². The highest BCUT2D eigenvalue weighted by Crippen LogP contribution is 2.33. The van der Waals surface area contributed by atoms with Crippen LogP contribution >= 0.6 is 0 Å². The first-order chi connectivity index (χ1) is 14.4. The average molecular weight is 410 g/mol. The summed E-state index contributed by atoms with van der Waals surface area (Å²) >= 11 is 0. The highest BCUT2D eigenvalue weighted by Gasteiger charge is 2.12. The van der Waals surface area contributed by atoms with Crippen LogP contribution in [0.15, 0.2) is 40.9 Å². The van der Waals surface area contributed by atoms with Crippen LogP contribution in [-0.2, 0) is 17.8 Å². The van der Waals surface area contributed by atoms with Crippen molar-refractivity contribution in [3.05, 3.63) is 64.5 Å². The number of carbonyl (C=O) groups is 1. The van der Waals surface area contributed by atoms with Gasteiger partial charge < -0.3 is 24.1 Å². The van der Waals surface area contributed by atoms with Crippen LogP contribution < -0.4 is 19.5 Å². The van der Waals surface area contributed by atoms with Crippen molar-refractivity contribution in [1.82, 2.24) is 5.16 Å². The molecule has 0 bridgehead atoms. The van der Waals surface area contributed by atoms with E-state index in [1.165, 1.54) is 0 Å². The molecular weight excluding hydrogens is 384 g/mol. The number of anilines is 1. The summed E-state index contributed by atoms with van der Waals surface area (Å²) in [6, 6.07) is 11.1. The van der Waals surface area contributed by atoms with Gasteiger partial charge in [-0.3, -0.25) is 4.79 Å². The van der Waals surface area contributed by atoms with Gasteiger partial charge in [0.25, 0.3) is 0 Å². The van der Waals surface area contributed by atoms with E-state index in [0.717, 1.165) is 33.9 Å². The molecule has 30 heavy (non-hydrogen) atoms. The van der Waals surface area contributed by atoms with Gasteiger partial charge in [0.15, 0.2) is 11.5 Å². The Labute approximate surface area is 175 Å². The first kappa shape index (κ1) is 21.2. The molecule has 0 atom stereocenters. The molecule has 0 fully saturated rings. The highest BCUT2D eigenvalue weighted by molar-refractivity contribution is 5.93. The lowest BCUT2D eigenvalue weighted by Crippen LogP contribution is -2.15. The summed E-state index contributed by atoms with van der Waals surface area (Å²) in [5.41, 5.74) is 4.24. The molecule has 0 radical (unpaired) electrons. The number of nitrogens with one attached hydrogen (secondary N) is 1. The third-order valence-electron chi connectivity index (χ3n) is 4.86. The van der Waals surface area contributed by atoms with Crippen LogP contribution in [0.5, 0.6) is 17.2 Å². The number of amides is 1. The lowest BCUT2D eigenvalue weighted by molar-refractivity contribution is -0.115. The second-order valence-electron chi connectivity index (χ2n) is 6.98. The quantitative estimate of drug-likeness (QED) is 0.593. The first-order valence-corrected chi connectivity index (χ1v) is 9.57. The summed E-state index contributed by atoms with van der Waals surface area (Å²) in [6.07, 6.45) is 0.248. The summed E-state index contributed by atoms with van der Waals surface area (Å²) in [5.74, 6) is 2.55. The molecule has 1 aromatic heterocycles. The lowest BCUT2D eigenvalue weighted by atomic mass is 10.1. The third kappa shape index (κ3) is 4.92. The van der Waals surface area contributed by atoms with E-state index in [1.54, 1.807) is 20.3 Å². The fourth-order valence-electron chi connectivity index (χ4n) is 3.06. The molecule has 0 saturated carbocycles. The fraction of sp³-hybridized carbons (Fsp3) is 0.304. The molecule has 7 heteroatoms. The molecule has 1 heterocycles. The fourth-order valence-corrected chi connectivity index (χ4v) is 3.06. The Balaban J connectivity index is 1.59. The Morgan fingerprint density at radius 2 is 1.70 bits per heavy atom. The van der Waals surface area contributed by atoms with Crippen molar-refractivity contribution in [3.8, 4) is 17.2 Å². The van der Waals surface area contributed by atoms with Gasteiger partial charge in [-0.25, -0.2) is 0 Å². The maximum absolute atomic E-state index is 12.5. The van der Waals surface area contributed by atoms with Gasteiger partial charge in [-0.15, -0.1) is 0 Å². The summed E-state index contributed by atoms with van der Waals surface area (Å²) < 4.78 is 21.5. The predicted octanol–water partition coefficient (Wildman–Crippen LogP) is 4.38. The Hall–Kier alpha value is -3.48. The Bertz CT molecular complexity index is 1010. The summed E-state index contributed by atoms with van der Waals surface area (Å²) in [5, 5.41) is 6.85. The summed E-state index contributed by atoms with van der Waals surface area (Å²) in [6.45, 7) is 6.04. The first-order valence-electron chi connectivity index (χ1n) is 9.57. The van der Waals surface area contributed by atoms with Crippen LogP contribution in [0.4, 0.5) is 5.69 Å². The molecule has 3 aromatic rings. The molecule has 1 amide bonds. The third-order valence-corrected chi connectivity index (χ3v) is 4.86. The maximum atomic E-state index is 12.5. The standard InChI is InChI=1S/C23H26N2O5/c1-14-10-21(27-4)22(28-5)12-20(14)24-23(26)11-17-6-8-18(9-7-17)29-13-19-15(2)25-30-16(19)3/h6-10,12H,11,13H2,1-5H3,(H,24,26). The van der Waals surface area contributed by atoms with E-state index in [-0.39, 0.29) is 12.3 Å². The van der Waals surface area contributed by atoms with E-state index in [4.69, 9.17) is 18.7 Å². The van der Waals surface area contributed by atoms with E-state index in [0.29, 0.717) is 23.8 Å². The van der Waals surface area contributed by atoms with Crippen LogP contribution in [0, 0.1) is 20.8 Å². The normalized spacial score (nSPS) is 10.6. The Morgan fingerprint density at radius 3 is 2.30 bits per heavy atom. The number of hydrogen-bond donors (Lipinski definition) is 1. The zero-order valence-corrected chi connectivity index (χ0v) is 17.9. The van der Waals surface area contributed by atoms with Gasteiger partial charge in [-0.1, -0.05) is 17.3 Å². The smallest absolute Gasteiger partial charge is 0.228 e. The number of aromatic nitrogens is 1. The van der Waals surface area contributed by atoms with Crippen molar-refractivity contribution >= 4 is 11.6 Å². The van der Waals surface area contributed by atoms with Crippen molar-refractivity contribution < 1.29 is 23.5 Å². The molecular formula is C23H26N2O5. The van der Waals surface area contributed by atoms with Crippen molar-refractivity contribution in [2.75, 3.05) is 19.5 Å². The molecule has 3 rings (SSSR count). The SMILES string of the molecule is COc1cc(C)c(NC(=O)Cc2ccc(OCc3c(C)noc3C)cc2)cc1OC.